The number of rotatable bonds is 6. The number of nitrogens with one attached hydrogen (secondary N) is 2. The fourth-order valence-electron chi connectivity index (χ4n) is 1.92. The van der Waals surface area contributed by atoms with E-state index in [1.807, 2.05) is 20.8 Å². The predicted octanol–water partition coefficient (Wildman–Crippen LogP) is 0.346. The van der Waals surface area contributed by atoms with Gasteiger partial charge >= 0.3 is 6.09 Å². The van der Waals surface area contributed by atoms with Gasteiger partial charge in [-0.2, -0.15) is 0 Å². The molecule has 1 atom stereocenters. The van der Waals surface area contributed by atoms with Crippen LogP contribution in [0.1, 0.15) is 27.7 Å². The number of likely N-dealkylation sites (tertiary alicyclic amines) is 1. The fraction of sp³-hybridized carbons (Fsp3) is 0.857. The second-order valence-corrected chi connectivity index (χ2v) is 6.25. The van der Waals surface area contributed by atoms with Crippen molar-refractivity contribution in [3.63, 3.8) is 0 Å². The maximum atomic E-state index is 11.8. The third kappa shape index (κ3) is 6.31. The van der Waals surface area contributed by atoms with Crippen LogP contribution in [-0.4, -0.2) is 67.9 Å². The maximum absolute atomic E-state index is 11.8. The Bertz CT molecular complexity index is 362. The van der Waals surface area contributed by atoms with Crippen molar-refractivity contribution < 1.29 is 19.1 Å². The first-order chi connectivity index (χ1) is 9.73. The third-order valence-corrected chi connectivity index (χ3v) is 3.02. The smallest absolute Gasteiger partial charge is 0.410 e. The number of hydrogen-bond acceptors (Lipinski definition) is 5. The van der Waals surface area contributed by atoms with Crippen molar-refractivity contribution in [1.29, 1.82) is 0 Å². The van der Waals surface area contributed by atoms with Crippen molar-refractivity contribution in [3.05, 3.63) is 0 Å². The highest BCUT2D eigenvalue weighted by Gasteiger charge is 2.34. The summed E-state index contributed by atoms with van der Waals surface area (Å²) in [7, 11) is 1.59. The number of nitrogens with zero attached hydrogens (tertiary/aromatic N) is 1. The minimum atomic E-state index is -0.482. The van der Waals surface area contributed by atoms with Crippen LogP contribution in [0.25, 0.3) is 0 Å². The largest absolute Gasteiger partial charge is 0.444 e. The molecule has 2 amide bonds. The summed E-state index contributed by atoms with van der Waals surface area (Å²) in [6.45, 7) is 9.43. The van der Waals surface area contributed by atoms with Crippen LogP contribution >= 0.6 is 0 Å². The molecule has 0 aromatic rings. The van der Waals surface area contributed by atoms with Crippen LogP contribution in [-0.2, 0) is 14.3 Å². The van der Waals surface area contributed by atoms with E-state index in [0.717, 1.165) is 0 Å². The Labute approximate surface area is 126 Å². The third-order valence-electron chi connectivity index (χ3n) is 3.02. The van der Waals surface area contributed by atoms with E-state index in [4.69, 9.17) is 9.47 Å². The van der Waals surface area contributed by atoms with Gasteiger partial charge in [-0.3, -0.25) is 10.1 Å². The lowest BCUT2D eigenvalue weighted by Gasteiger charge is -2.41. The molecule has 1 aliphatic heterocycles. The van der Waals surface area contributed by atoms with Gasteiger partial charge in [-0.05, 0) is 27.7 Å². The molecule has 0 aliphatic carbocycles. The number of ether oxygens (including phenoxy) is 2. The van der Waals surface area contributed by atoms with Gasteiger partial charge in [-0.1, -0.05) is 0 Å². The zero-order valence-corrected chi connectivity index (χ0v) is 13.6. The van der Waals surface area contributed by atoms with Crippen molar-refractivity contribution in [2.45, 2.75) is 45.4 Å². The highest BCUT2D eigenvalue weighted by atomic mass is 16.6. The molecule has 0 aromatic carbocycles. The fourth-order valence-corrected chi connectivity index (χ4v) is 1.92. The average molecular weight is 301 g/mol. The number of carbonyl (C=O) groups is 2. The minimum Gasteiger partial charge on any atom is -0.444 e. The molecule has 0 bridgehead atoms. The lowest BCUT2D eigenvalue weighted by molar-refractivity contribution is -0.123. The molecule has 122 valence electrons. The Morgan fingerprint density at radius 2 is 1.95 bits per heavy atom. The molecule has 7 heteroatoms. The molecule has 1 aliphatic rings. The van der Waals surface area contributed by atoms with E-state index in [1.165, 1.54) is 0 Å². The van der Waals surface area contributed by atoms with Crippen LogP contribution in [0, 0.1) is 0 Å². The van der Waals surface area contributed by atoms with Gasteiger partial charge in [-0.25, -0.2) is 4.79 Å². The average Bonchev–Trinajstić information content (AvgIpc) is 2.30. The van der Waals surface area contributed by atoms with Gasteiger partial charge in [0.2, 0.25) is 5.91 Å². The first-order valence-electron chi connectivity index (χ1n) is 7.23. The quantitative estimate of drug-likeness (QED) is 0.692. The molecule has 0 aromatic heterocycles. The van der Waals surface area contributed by atoms with Gasteiger partial charge in [0, 0.05) is 32.8 Å². The van der Waals surface area contributed by atoms with Crippen LogP contribution in [0.5, 0.6) is 0 Å². The van der Waals surface area contributed by atoms with Crippen molar-refractivity contribution in [2.75, 3.05) is 33.4 Å². The number of methoxy groups -OCH3 is 1. The van der Waals surface area contributed by atoms with Gasteiger partial charge in [0.1, 0.15) is 5.60 Å². The van der Waals surface area contributed by atoms with Crippen molar-refractivity contribution >= 4 is 12.0 Å². The zero-order chi connectivity index (χ0) is 16.0. The van der Waals surface area contributed by atoms with E-state index in [0.29, 0.717) is 26.2 Å². The zero-order valence-electron chi connectivity index (χ0n) is 13.6. The van der Waals surface area contributed by atoms with Crippen LogP contribution in [0.15, 0.2) is 0 Å². The highest BCUT2D eigenvalue weighted by Crippen LogP contribution is 2.15. The molecule has 0 spiro atoms. The molecule has 2 N–H and O–H groups in total. The molecule has 7 nitrogen and oxygen atoms in total. The van der Waals surface area contributed by atoms with E-state index in [1.54, 1.807) is 18.9 Å². The standard InChI is InChI=1S/C14H27N3O4/c1-10(12(18)15-6-7-20-5)16-11-8-17(9-11)13(19)21-14(2,3)4/h10-11,16H,6-9H2,1-5H3,(H,15,18). The van der Waals surface area contributed by atoms with Crippen molar-refractivity contribution in [1.82, 2.24) is 15.5 Å². The van der Waals surface area contributed by atoms with Crippen molar-refractivity contribution in [3.8, 4) is 0 Å². The molecule has 0 radical (unpaired) electrons. The molecule has 21 heavy (non-hydrogen) atoms. The van der Waals surface area contributed by atoms with E-state index in [2.05, 4.69) is 10.6 Å². The second-order valence-electron chi connectivity index (χ2n) is 6.25. The lowest BCUT2D eigenvalue weighted by Crippen LogP contribution is -2.63. The van der Waals surface area contributed by atoms with Gasteiger partial charge in [0.15, 0.2) is 0 Å². The normalized spacial score (nSPS) is 17.1. The summed E-state index contributed by atoms with van der Waals surface area (Å²) in [5.74, 6) is -0.0669. The number of amides is 2. The van der Waals surface area contributed by atoms with Gasteiger partial charge in [-0.15, -0.1) is 0 Å². The molecule has 1 fully saturated rings. The van der Waals surface area contributed by atoms with Gasteiger partial charge < -0.3 is 19.7 Å². The monoisotopic (exact) mass is 301 g/mol. The summed E-state index contributed by atoms with van der Waals surface area (Å²) in [5, 5.41) is 5.96. The van der Waals surface area contributed by atoms with Crippen molar-refractivity contribution in [2.24, 2.45) is 0 Å². The predicted molar refractivity (Wildman–Crippen MR) is 79.1 cm³/mol. The van der Waals surface area contributed by atoms with Crippen LogP contribution in [0.3, 0.4) is 0 Å². The first kappa shape index (κ1) is 17.7. The Balaban J connectivity index is 2.22. The van der Waals surface area contributed by atoms with E-state index in [9.17, 15) is 9.59 Å². The Morgan fingerprint density at radius 1 is 1.33 bits per heavy atom. The molecule has 1 heterocycles. The molecular formula is C14H27N3O4. The summed E-state index contributed by atoms with van der Waals surface area (Å²) in [6.07, 6.45) is -0.308. The first-order valence-corrected chi connectivity index (χ1v) is 7.23. The molecule has 1 saturated heterocycles. The van der Waals surface area contributed by atoms with E-state index >= 15 is 0 Å². The van der Waals surface area contributed by atoms with E-state index in [-0.39, 0.29) is 24.1 Å². The number of hydrogen-bond donors (Lipinski definition) is 2. The molecule has 0 saturated carbocycles. The molecule has 1 rings (SSSR count). The summed E-state index contributed by atoms with van der Waals surface area (Å²) >= 11 is 0. The van der Waals surface area contributed by atoms with Gasteiger partial charge in [0.25, 0.3) is 0 Å². The summed E-state index contributed by atoms with van der Waals surface area (Å²) in [4.78, 5) is 25.1. The van der Waals surface area contributed by atoms with E-state index < -0.39 is 5.60 Å². The SMILES string of the molecule is COCCNC(=O)C(C)NC1CN(C(=O)OC(C)(C)C)C1. The van der Waals surface area contributed by atoms with Gasteiger partial charge in [0.05, 0.1) is 12.6 Å². The number of carbonyl (C=O) groups excluding carboxylic acids is 2. The Hall–Kier alpha value is -1.34. The topological polar surface area (TPSA) is 79.9 Å². The molecule has 1 unspecified atom stereocenters. The summed E-state index contributed by atoms with van der Waals surface area (Å²) in [5.41, 5.74) is -0.482. The van der Waals surface area contributed by atoms with Crippen LogP contribution in [0.4, 0.5) is 4.79 Å². The Kier molecular flexibility index (Phi) is 6.42. The second kappa shape index (κ2) is 7.61. The Morgan fingerprint density at radius 3 is 2.48 bits per heavy atom. The summed E-state index contributed by atoms with van der Waals surface area (Å²) < 4.78 is 10.1. The van der Waals surface area contributed by atoms with Crippen LogP contribution < -0.4 is 10.6 Å². The molecular weight excluding hydrogens is 274 g/mol. The maximum Gasteiger partial charge on any atom is 0.410 e. The van der Waals surface area contributed by atoms with Crippen LogP contribution in [0.2, 0.25) is 0 Å². The lowest BCUT2D eigenvalue weighted by atomic mass is 10.1. The minimum absolute atomic E-state index is 0.0669. The summed E-state index contributed by atoms with van der Waals surface area (Å²) in [6, 6.07) is -0.173. The highest BCUT2D eigenvalue weighted by molar-refractivity contribution is 5.81.